The second kappa shape index (κ2) is 10.1. The van der Waals surface area contributed by atoms with Gasteiger partial charge in [0.1, 0.15) is 0 Å². The number of aryl methyl sites for hydroxylation is 1. The number of carbonyl (C=O) groups is 1. The molecule has 0 heterocycles. The number of hydrogen-bond donors (Lipinski definition) is 2. The zero-order chi connectivity index (χ0) is 17.2. The molecule has 0 amide bonds. The topological polar surface area (TPSA) is 50.4 Å². The molecule has 2 atom stereocenters. The van der Waals surface area contributed by atoms with Gasteiger partial charge in [-0.3, -0.25) is 4.79 Å². The van der Waals surface area contributed by atoms with Gasteiger partial charge in [0, 0.05) is 24.0 Å². The third-order valence-corrected chi connectivity index (χ3v) is 4.22. The zero-order valence-corrected chi connectivity index (χ0v) is 15.2. The highest BCUT2D eigenvalue weighted by atomic mass is 16.5. The van der Waals surface area contributed by atoms with E-state index in [4.69, 9.17) is 4.74 Å². The highest BCUT2D eigenvalue weighted by molar-refractivity contribution is 5.71. The molecule has 1 rings (SSSR count). The molecule has 4 heteroatoms. The van der Waals surface area contributed by atoms with Crippen LogP contribution in [0.3, 0.4) is 0 Å². The summed E-state index contributed by atoms with van der Waals surface area (Å²) in [4.78, 5) is 11.5. The molecular formula is C19H32N2O2. The first-order valence-corrected chi connectivity index (χ1v) is 8.70. The second-order valence-electron chi connectivity index (χ2n) is 6.21. The fraction of sp³-hybridized carbons (Fsp3) is 0.632. The first kappa shape index (κ1) is 19.3. The molecule has 1 aromatic carbocycles. The van der Waals surface area contributed by atoms with Gasteiger partial charge in [-0.25, -0.2) is 0 Å². The Labute approximate surface area is 141 Å². The Morgan fingerprint density at radius 2 is 2.00 bits per heavy atom. The van der Waals surface area contributed by atoms with Crippen molar-refractivity contribution in [1.29, 1.82) is 0 Å². The lowest BCUT2D eigenvalue weighted by atomic mass is 10.00. The van der Waals surface area contributed by atoms with Crippen molar-refractivity contribution in [3.8, 4) is 0 Å². The van der Waals surface area contributed by atoms with Crippen molar-refractivity contribution in [1.82, 2.24) is 0 Å². The number of esters is 1. The monoisotopic (exact) mass is 320 g/mol. The number of ether oxygens (including phenoxy) is 1. The van der Waals surface area contributed by atoms with Crippen LogP contribution in [-0.2, 0) is 9.53 Å². The first-order valence-electron chi connectivity index (χ1n) is 8.70. The predicted octanol–water partition coefficient (Wildman–Crippen LogP) is 4.60. The Bertz CT molecular complexity index is 488. The van der Waals surface area contributed by atoms with Crippen LogP contribution in [0.1, 0.15) is 52.0 Å². The number of rotatable bonds is 10. The Morgan fingerprint density at radius 3 is 2.61 bits per heavy atom. The SMILES string of the molecule is CCCNc1cc(NC(CC)CC[C@@H](C)C(=O)OC)ccc1C. The number of nitrogens with one attached hydrogen (secondary N) is 2. The molecule has 0 radical (unpaired) electrons. The fourth-order valence-corrected chi connectivity index (χ4v) is 2.55. The molecular weight excluding hydrogens is 288 g/mol. The number of hydrogen-bond acceptors (Lipinski definition) is 4. The van der Waals surface area contributed by atoms with Crippen LogP contribution >= 0.6 is 0 Å². The van der Waals surface area contributed by atoms with Crippen LogP contribution in [0.4, 0.5) is 11.4 Å². The molecule has 0 saturated carbocycles. The molecule has 1 aromatic rings. The summed E-state index contributed by atoms with van der Waals surface area (Å²) < 4.78 is 4.80. The van der Waals surface area contributed by atoms with E-state index >= 15 is 0 Å². The largest absolute Gasteiger partial charge is 0.469 e. The maximum atomic E-state index is 11.5. The fourth-order valence-electron chi connectivity index (χ4n) is 2.55. The maximum absolute atomic E-state index is 11.5. The summed E-state index contributed by atoms with van der Waals surface area (Å²) in [6.07, 6.45) is 3.93. The van der Waals surface area contributed by atoms with E-state index < -0.39 is 0 Å². The summed E-state index contributed by atoms with van der Waals surface area (Å²) in [6, 6.07) is 6.81. The highest BCUT2D eigenvalue weighted by Gasteiger charge is 2.15. The van der Waals surface area contributed by atoms with Crippen LogP contribution in [0.5, 0.6) is 0 Å². The van der Waals surface area contributed by atoms with Gasteiger partial charge in [-0.05, 0) is 50.3 Å². The molecule has 0 spiro atoms. The molecule has 0 bridgehead atoms. The Kier molecular flexibility index (Phi) is 8.52. The molecule has 0 aliphatic carbocycles. The lowest BCUT2D eigenvalue weighted by Crippen LogP contribution is -2.21. The molecule has 1 unspecified atom stereocenters. The van der Waals surface area contributed by atoms with E-state index in [-0.39, 0.29) is 11.9 Å². The van der Waals surface area contributed by atoms with E-state index in [0.29, 0.717) is 6.04 Å². The minimum Gasteiger partial charge on any atom is -0.469 e. The van der Waals surface area contributed by atoms with Crippen molar-refractivity contribution in [2.75, 3.05) is 24.3 Å². The third kappa shape index (κ3) is 6.51. The van der Waals surface area contributed by atoms with Crippen LogP contribution in [0.2, 0.25) is 0 Å². The second-order valence-corrected chi connectivity index (χ2v) is 6.21. The van der Waals surface area contributed by atoms with Gasteiger partial charge in [-0.15, -0.1) is 0 Å². The Morgan fingerprint density at radius 1 is 1.26 bits per heavy atom. The summed E-state index contributed by atoms with van der Waals surface area (Å²) in [7, 11) is 1.45. The van der Waals surface area contributed by atoms with Crippen LogP contribution in [-0.4, -0.2) is 25.7 Å². The Balaban J connectivity index is 2.62. The summed E-state index contributed by atoms with van der Waals surface area (Å²) in [5.74, 6) is -0.170. The van der Waals surface area contributed by atoms with Crippen LogP contribution in [0, 0.1) is 12.8 Å². The number of benzene rings is 1. The number of methoxy groups -OCH3 is 1. The van der Waals surface area contributed by atoms with E-state index in [2.05, 4.69) is 49.6 Å². The standard InChI is InChI=1S/C19H32N2O2/c1-6-12-20-18-13-17(11-8-14(18)3)21-16(7-2)10-9-15(4)19(22)23-5/h8,11,13,15-16,20-21H,6-7,9-10,12H2,1-5H3/t15-,16?/m1/s1. The van der Waals surface area contributed by atoms with Crippen molar-refractivity contribution in [2.45, 2.75) is 59.4 Å². The molecule has 23 heavy (non-hydrogen) atoms. The third-order valence-electron chi connectivity index (χ3n) is 4.22. The van der Waals surface area contributed by atoms with Gasteiger partial charge in [0.15, 0.2) is 0 Å². The lowest BCUT2D eigenvalue weighted by molar-refractivity contribution is -0.145. The molecule has 0 aliphatic heterocycles. The summed E-state index contributed by atoms with van der Waals surface area (Å²) in [6.45, 7) is 9.37. The van der Waals surface area contributed by atoms with Crippen LogP contribution in [0.15, 0.2) is 18.2 Å². The molecule has 0 saturated heterocycles. The van der Waals surface area contributed by atoms with Crippen LogP contribution in [0.25, 0.3) is 0 Å². The van der Waals surface area contributed by atoms with Gasteiger partial charge in [0.2, 0.25) is 0 Å². The number of anilines is 2. The van der Waals surface area contributed by atoms with Crippen molar-refractivity contribution < 1.29 is 9.53 Å². The van der Waals surface area contributed by atoms with Crippen LogP contribution < -0.4 is 10.6 Å². The first-order chi connectivity index (χ1) is 11.0. The summed E-state index contributed by atoms with van der Waals surface area (Å²) in [5.41, 5.74) is 3.58. The van der Waals surface area contributed by atoms with E-state index in [1.807, 2.05) is 6.92 Å². The smallest absolute Gasteiger partial charge is 0.308 e. The van der Waals surface area contributed by atoms with E-state index in [0.717, 1.165) is 37.9 Å². The zero-order valence-electron chi connectivity index (χ0n) is 15.2. The molecule has 4 nitrogen and oxygen atoms in total. The average molecular weight is 320 g/mol. The predicted molar refractivity (Wildman–Crippen MR) is 98.1 cm³/mol. The van der Waals surface area contributed by atoms with Gasteiger partial charge in [-0.2, -0.15) is 0 Å². The minimum absolute atomic E-state index is 0.0457. The quantitative estimate of drug-likeness (QED) is 0.619. The minimum atomic E-state index is -0.124. The average Bonchev–Trinajstić information content (AvgIpc) is 2.57. The molecule has 2 N–H and O–H groups in total. The summed E-state index contributed by atoms with van der Waals surface area (Å²) in [5, 5.41) is 7.06. The van der Waals surface area contributed by atoms with Crippen molar-refractivity contribution >= 4 is 17.3 Å². The van der Waals surface area contributed by atoms with Gasteiger partial charge in [-0.1, -0.05) is 26.8 Å². The van der Waals surface area contributed by atoms with Gasteiger partial charge < -0.3 is 15.4 Å². The molecule has 0 aliphatic rings. The van der Waals surface area contributed by atoms with Crippen molar-refractivity contribution in [2.24, 2.45) is 5.92 Å². The highest BCUT2D eigenvalue weighted by Crippen LogP contribution is 2.22. The molecule has 0 fully saturated rings. The van der Waals surface area contributed by atoms with Crippen molar-refractivity contribution in [3.05, 3.63) is 23.8 Å². The summed E-state index contributed by atoms with van der Waals surface area (Å²) >= 11 is 0. The molecule has 0 aromatic heterocycles. The van der Waals surface area contributed by atoms with Crippen molar-refractivity contribution in [3.63, 3.8) is 0 Å². The normalized spacial score (nSPS) is 13.3. The lowest BCUT2D eigenvalue weighted by Gasteiger charge is -2.21. The van der Waals surface area contributed by atoms with Gasteiger partial charge in [0.25, 0.3) is 0 Å². The Hall–Kier alpha value is -1.71. The van der Waals surface area contributed by atoms with E-state index in [9.17, 15) is 4.79 Å². The number of carbonyl (C=O) groups excluding carboxylic acids is 1. The van der Waals surface area contributed by atoms with Gasteiger partial charge in [0.05, 0.1) is 13.0 Å². The van der Waals surface area contributed by atoms with Gasteiger partial charge >= 0.3 is 5.97 Å². The molecule has 130 valence electrons. The van der Waals surface area contributed by atoms with E-state index in [1.165, 1.54) is 18.4 Å². The van der Waals surface area contributed by atoms with E-state index in [1.54, 1.807) is 0 Å². The maximum Gasteiger partial charge on any atom is 0.308 e.